The number of aryl methyl sites for hydroxylation is 1. The summed E-state index contributed by atoms with van der Waals surface area (Å²) in [4.78, 5) is 0. The predicted molar refractivity (Wildman–Crippen MR) is 144 cm³/mol. The summed E-state index contributed by atoms with van der Waals surface area (Å²) in [6.07, 6.45) is 6.06. The van der Waals surface area contributed by atoms with Crippen LogP contribution in [-0.2, 0) is 0 Å². The first-order valence-electron chi connectivity index (χ1n) is 13.6. The molecule has 210 valence electrons. The van der Waals surface area contributed by atoms with Crippen LogP contribution >= 0.6 is 0 Å². The Morgan fingerprint density at radius 2 is 1.12 bits per heavy atom. The summed E-state index contributed by atoms with van der Waals surface area (Å²) < 4.78 is 93.2. The van der Waals surface area contributed by atoms with Crippen LogP contribution in [0.5, 0.6) is 5.75 Å². The molecule has 5 rings (SSSR count). The molecule has 3 aromatic carbocycles. The zero-order chi connectivity index (χ0) is 28.6. The lowest BCUT2D eigenvalue weighted by Crippen LogP contribution is -2.12. The average molecular weight is 557 g/mol. The van der Waals surface area contributed by atoms with Crippen LogP contribution in [0.25, 0.3) is 11.1 Å². The van der Waals surface area contributed by atoms with E-state index >= 15 is 8.78 Å². The molecule has 0 saturated carbocycles. The highest BCUT2D eigenvalue weighted by atomic mass is 19.2. The molecule has 3 aromatic rings. The Morgan fingerprint density at radius 3 is 1.60 bits per heavy atom. The summed E-state index contributed by atoms with van der Waals surface area (Å²) in [5, 5.41) is 0. The molecule has 0 aliphatic heterocycles. The lowest BCUT2D eigenvalue weighted by molar-refractivity contribution is 0.314. The molecule has 0 radical (unpaired) electrons. The van der Waals surface area contributed by atoms with E-state index in [1.54, 1.807) is 37.3 Å². The standard InChI is InChI=1S/C33H30F6O/c1-3-40-27-17-16-26(32(38)33(27)39)22-11-9-21(10-12-22)25-15-14-24(30(36)31(25)37)20-7-5-19(6-8-20)23-13-4-18(2)28(34)29(23)35/h4-5,11,13-17,20-21H,3,6-10,12H2,1-2H3. The maximum absolute atomic E-state index is 15.3. The molecule has 0 bridgehead atoms. The number of ether oxygens (including phenoxy) is 1. The van der Waals surface area contributed by atoms with Crippen molar-refractivity contribution < 1.29 is 31.1 Å². The molecule has 7 heteroatoms. The number of hydrogen-bond acceptors (Lipinski definition) is 1. The number of halogens is 6. The smallest absolute Gasteiger partial charge is 0.201 e. The second-order valence-corrected chi connectivity index (χ2v) is 10.5. The predicted octanol–water partition coefficient (Wildman–Crippen LogP) is 9.93. The molecule has 0 N–H and O–H groups in total. The lowest BCUT2D eigenvalue weighted by Gasteiger charge is -2.26. The van der Waals surface area contributed by atoms with Crippen molar-refractivity contribution in [3.8, 4) is 5.75 Å². The van der Waals surface area contributed by atoms with Crippen LogP contribution in [0.2, 0.25) is 0 Å². The van der Waals surface area contributed by atoms with E-state index in [4.69, 9.17) is 4.74 Å². The van der Waals surface area contributed by atoms with Gasteiger partial charge in [0.2, 0.25) is 5.82 Å². The molecule has 2 unspecified atom stereocenters. The fourth-order valence-electron chi connectivity index (χ4n) is 5.87. The van der Waals surface area contributed by atoms with Gasteiger partial charge in [0.1, 0.15) is 0 Å². The molecule has 0 aromatic heterocycles. The van der Waals surface area contributed by atoms with Gasteiger partial charge in [0.25, 0.3) is 0 Å². The van der Waals surface area contributed by atoms with Crippen LogP contribution in [0.4, 0.5) is 26.3 Å². The summed E-state index contributed by atoms with van der Waals surface area (Å²) in [5.74, 6) is -6.25. The SMILES string of the molecule is CCOc1ccc(C2=CCC(c3ccc(C4CC=C(c5ccc(C)c(F)c5F)CC4)c(F)c3F)CC2)c(F)c1F. The van der Waals surface area contributed by atoms with Gasteiger partial charge in [-0.25, -0.2) is 22.0 Å². The van der Waals surface area contributed by atoms with E-state index in [0.29, 0.717) is 49.7 Å². The van der Waals surface area contributed by atoms with E-state index in [-0.39, 0.29) is 52.0 Å². The normalized spacial score (nSPS) is 19.3. The summed E-state index contributed by atoms with van der Waals surface area (Å²) in [6, 6.07) is 9.20. The van der Waals surface area contributed by atoms with Gasteiger partial charge in [-0.2, -0.15) is 4.39 Å². The van der Waals surface area contributed by atoms with Crippen molar-refractivity contribution in [1.82, 2.24) is 0 Å². The molecular formula is C33H30F6O. The van der Waals surface area contributed by atoms with E-state index < -0.39 is 34.9 Å². The van der Waals surface area contributed by atoms with E-state index in [2.05, 4.69) is 0 Å². The van der Waals surface area contributed by atoms with Gasteiger partial charge < -0.3 is 4.74 Å². The average Bonchev–Trinajstić information content (AvgIpc) is 2.96. The van der Waals surface area contributed by atoms with Crippen molar-refractivity contribution in [2.24, 2.45) is 0 Å². The fraction of sp³-hybridized carbons (Fsp3) is 0.333. The molecule has 0 fully saturated rings. The maximum atomic E-state index is 15.3. The van der Waals surface area contributed by atoms with Crippen molar-refractivity contribution in [2.45, 2.75) is 64.2 Å². The third kappa shape index (κ3) is 5.18. The summed E-state index contributed by atoms with van der Waals surface area (Å²) in [5.41, 5.74) is 2.42. The van der Waals surface area contributed by atoms with Crippen LogP contribution in [0.1, 0.15) is 85.1 Å². The van der Waals surface area contributed by atoms with E-state index in [1.807, 2.05) is 0 Å². The first-order chi connectivity index (χ1) is 19.2. The summed E-state index contributed by atoms with van der Waals surface area (Å²) in [7, 11) is 0. The van der Waals surface area contributed by atoms with Gasteiger partial charge in [0.05, 0.1) is 6.61 Å². The minimum atomic E-state index is -1.04. The van der Waals surface area contributed by atoms with Gasteiger partial charge in [-0.1, -0.05) is 36.4 Å². The van der Waals surface area contributed by atoms with Crippen molar-refractivity contribution in [2.75, 3.05) is 6.61 Å². The number of hydrogen-bond donors (Lipinski definition) is 0. The molecule has 0 amide bonds. The van der Waals surface area contributed by atoms with Crippen LogP contribution in [0.15, 0.2) is 48.6 Å². The van der Waals surface area contributed by atoms with Crippen molar-refractivity contribution in [3.05, 3.63) is 111 Å². The Morgan fingerprint density at radius 1 is 0.625 bits per heavy atom. The zero-order valence-electron chi connectivity index (χ0n) is 22.4. The second-order valence-electron chi connectivity index (χ2n) is 10.5. The van der Waals surface area contributed by atoms with Crippen LogP contribution < -0.4 is 4.74 Å². The molecule has 1 nitrogen and oxygen atoms in total. The molecule has 2 aliphatic carbocycles. The third-order valence-electron chi connectivity index (χ3n) is 8.16. The summed E-state index contributed by atoms with van der Waals surface area (Å²) in [6.45, 7) is 3.40. The van der Waals surface area contributed by atoms with Gasteiger partial charge in [0.15, 0.2) is 34.8 Å². The van der Waals surface area contributed by atoms with E-state index in [0.717, 1.165) is 0 Å². The largest absolute Gasteiger partial charge is 0.491 e. The van der Waals surface area contributed by atoms with Gasteiger partial charge >= 0.3 is 0 Å². The fourth-order valence-corrected chi connectivity index (χ4v) is 5.87. The highest BCUT2D eigenvalue weighted by Gasteiger charge is 2.28. The maximum Gasteiger partial charge on any atom is 0.201 e. The van der Waals surface area contributed by atoms with Gasteiger partial charge in [-0.3, -0.25) is 0 Å². The topological polar surface area (TPSA) is 9.23 Å². The monoisotopic (exact) mass is 556 g/mol. The Bertz CT molecular complexity index is 1510. The van der Waals surface area contributed by atoms with Gasteiger partial charge in [-0.15, -0.1) is 0 Å². The molecule has 0 spiro atoms. The van der Waals surface area contributed by atoms with Crippen LogP contribution in [0, 0.1) is 41.8 Å². The number of rotatable bonds is 6. The van der Waals surface area contributed by atoms with Crippen LogP contribution in [-0.4, -0.2) is 6.61 Å². The Kier molecular flexibility index (Phi) is 8.11. The highest BCUT2D eigenvalue weighted by Crippen LogP contribution is 2.42. The van der Waals surface area contributed by atoms with Crippen molar-refractivity contribution in [3.63, 3.8) is 0 Å². The molecule has 0 saturated heterocycles. The first-order valence-corrected chi connectivity index (χ1v) is 13.6. The molecule has 2 atom stereocenters. The molecular weight excluding hydrogens is 526 g/mol. The second kappa shape index (κ2) is 11.6. The van der Waals surface area contributed by atoms with Crippen LogP contribution in [0.3, 0.4) is 0 Å². The summed E-state index contributed by atoms with van der Waals surface area (Å²) >= 11 is 0. The Labute approximate surface area is 230 Å². The molecule has 40 heavy (non-hydrogen) atoms. The number of benzene rings is 3. The highest BCUT2D eigenvalue weighted by molar-refractivity contribution is 5.68. The Hall–Kier alpha value is -3.48. The minimum Gasteiger partial charge on any atom is -0.491 e. The molecule has 2 aliphatic rings. The quantitative estimate of drug-likeness (QED) is 0.275. The Balaban J connectivity index is 1.31. The van der Waals surface area contributed by atoms with Crippen molar-refractivity contribution >= 4 is 11.1 Å². The first kappa shape index (κ1) is 28.1. The van der Waals surface area contributed by atoms with Crippen molar-refractivity contribution in [1.29, 1.82) is 0 Å². The zero-order valence-corrected chi connectivity index (χ0v) is 22.4. The molecule has 0 heterocycles. The van der Waals surface area contributed by atoms with Gasteiger partial charge in [0, 0.05) is 11.1 Å². The lowest BCUT2D eigenvalue weighted by atomic mass is 9.79. The van der Waals surface area contributed by atoms with Gasteiger partial charge in [-0.05, 0) is 104 Å². The van der Waals surface area contributed by atoms with E-state index in [1.165, 1.54) is 25.1 Å². The number of allylic oxidation sites excluding steroid dienone is 4. The third-order valence-corrected chi connectivity index (χ3v) is 8.16. The minimum absolute atomic E-state index is 0.142. The van der Waals surface area contributed by atoms with E-state index in [9.17, 15) is 17.6 Å².